The maximum atomic E-state index is 14.2. The van der Waals surface area contributed by atoms with Gasteiger partial charge in [-0.05, 0) is 51.5 Å². The normalized spacial score (nSPS) is 13.1. The van der Waals surface area contributed by atoms with Crippen LogP contribution in [0.15, 0.2) is 61.4 Å². The van der Waals surface area contributed by atoms with Crippen LogP contribution in [0, 0.1) is 5.82 Å². The molecular weight excluding hydrogens is 789 g/mol. The van der Waals surface area contributed by atoms with Gasteiger partial charge in [-0.3, -0.25) is 9.59 Å². The van der Waals surface area contributed by atoms with Crippen molar-refractivity contribution in [1.82, 2.24) is 50.5 Å². The molecule has 6 rings (SSSR count). The first-order chi connectivity index (χ1) is 26.7. The molecule has 0 aromatic carbocycles. The van der Waals surface area contributed by atoms with Crippen LogP contribution >= 0.6 is 11.6 Å². The average Bonchev–Trinajstić information content (AvgIpc) is 3.78. The smallest absolute Gasteiger partial charge is 0.356 e. The van der Waals surface area contributed by atoms with E-state index >= 15 is 0 Å². The monoisotopic (exact) mass is 822 g/mol. The molecule has 57 heavy (non-hydrogen) atoms. The number of aromatic nitrogens is 8. The fourth-order valence-corrected chi connectivity index (χ4v) is 5.32. The Morgan fingerprint density at radius 1 is 0.754 bits per heavy atom. The first-order valence-electron chi connectivity index (χ1n) is 16.9. The number of anilines is 2. The fraction of sp³-hybridized carbons (Fsp3) is 0.314. The van der Waals surface area contributed by atoms with Gasteiger partial charge in [-0.2, -0.15) is 26.3 Å². The van der Waals surface area contributed by atoms with Crippen molar-refractivity contribution in [1.29, 1.82) is 0 Å². The number of alkyl halides is 6. The number of carbonyl (C=O) groups excluding carboxylic acids is 2. The lowest BCUT2D eigenvalue weighted by atomic mass is 9.97. The van der Waals surface area contributed by atoms with Gasteiger partial charge in [0, 0.05) is 52.9 Å². The van der Waals surface area contributed by atoms with Gasteiger partial charge < -0.3 is 31.2 Å². The van der Waals surface area contributed by atoms with Crippen molar-refractivity contribution in [2.24, 2.45) is 0 Å². The highest BCUT2D eigenvalue weighted by molar-refractivity contribution is 6.31. The van der Waals surface area contributed by atoms with Crippen LogP contribution in [0.25, 0.3) is 44.8 Å². The summed E-state index contributed by atoms with van der Waals surface area (Å²) < 4.78 is 88.4. The van der Waals surface area contributed by atoms with E-state index in [0.29, 0.717) is 38.9 Å². The summed E-state index contributed by atoms with van der Waals surface area (Å²) in [6.07, 6.45) is 0.0255. The third-order valence-electron chi connectivity index (χ3n) is 8.34. The Kier molecular flexibility index (Phi) is 12.2. The highest BCUT2D eigenvalue weighted by Gasteiger charge is 2.36. The van der Waals surface area contributed by atoms with Crippen LogP contribution in [0.2, 0.25) is 5.02 Å². The Bertz CT molecular complexity index is 2380. The van der Waals surface area contributed by atoms with E-state index < -0.39 is 54.2 Å². The summed E-state index contributed by atoms with van der Waals surface area (Å²) in [5, 5.41) is 10.9. The Labute approximate surface area is 323 Å². The maximum absolute atomic E-state index is 14.2. The Balaban J connectivity index is 0.000000218. The molecule has 0 radical (unpaired) electrons. The van der Waals surface area contributed by atoms with E-state index in [1.807, 2.05) is 11.4 Å². The van der Waals surface area contributed by atoms with Crippen molar-refractivity contribution >= 4 is 57.1 Å². The Morgan fingerprint density at radius 3 is 2.02 bits per heavy atom. The lowest BCUT2D eigenvalue weighted by molar-refractivity contribution is -0.140. The molecule has 0 unspecified atom stereocenters. The zero-order valence-corrected chi connectivity index (χ0v) is 31.2. The standard InChI is InChI=1S/C18H19F3N6O.C17H15ClF4N6O/c1-3-17(2,16(28)25-10-18(19,20)21)27-13-6-8-23-15(26-13)12-9-24-14-11(12)5-4-7-22-14;1-16(2,15(29)26-7-17(20,21)22)28-14-11(19)6-25-13(27-14)10-5-24-12-9(10)3-8(18)4-23-12/h4-9H,3,10H2,1-2H3,(H,22,24)(H,25,28)(H,23,26,27);3-6H,7H2,1-2H3,(H,23,24)(H,26,29)(H,25,27,28)/t17-;/m1./s1. The van der Waals surface area contributed by atoms with Crippen molar-refractivity contribution in [3.8, 4) is 22.8 Å². The van der Waals surface area contributed by atoms with E-state index in [9.17, 15) is 40.3 Å². The third kappa shape index (κ3) is 10.6. The number of aromatic amines is 2. The highest BCUT2D eigenvalue weighted by atomic mass is 35.5. The molecule has 0 spiro atoms. The van der Waals surface area contributed by atoms with Crippen LogP contribution < -0.4 is 21.3 Å². The van der Waals surface area contributed by atoms with Gasteiger partial charge in [-0.15, -0.1) is 0 Å². The van der Waals surface area contributed by atoms with Gasteiger partial charge in [0.2, 0.25) is 11.8 Å². The third-order valence-corrected chi connectivity index (χ3v) is 8.55. The van der Waals surface area contributed by atoms with Crippen molar-refractivity contribution < 1.29 is 40.3 Å². The quantitative estimate of drug-likeness (QED) is 0.0745. The molecule has 0 aliphatic carbocycles. The average molecular weight is 823 g/mol. The maximum Gasteiger partial charge on any atom is 0.405 e. The van der Waals surface area contributed by atoms with E-state index in [0.717, 1.165) is 17.1 Å². The van der Waals surface area contributed by atoms with E-state index in [2.05, 4.69) is 50.5 Å². The van der Waals surface area contributed by atoms with Crippen LogP contribution in [0.5, 0.6) is 0 Å². The second-order valence-corrected chi connectivity index (χ2v) is 13.6. The largest absolute Gasteiger partial charge is 0.405 e. The fourth-order valence-electron chi connectivity index (χ4n) is 5.16. The zero-order chi connectivity index (χ0) is 41.8. The van der Waals surface area contributed by atoms with E-state index in [1.165, 1.54) is 33.2 Å². The lowest BCUT2D eigenvalue weighted by Gasteiger charge is -2.29. The summed E-state index contributed by atoms with van der Waals surface area (Å²) in [5.74, 6) is -2.11. The number of nitrogens with zero attached hydrogens (tertiary/aromatic N) is 6. The minimum atomic E-state index is -4.57. The van der Waals surface area contributed by atoms with Crippen molar-refractivity contribution in [2.75, 3.05) is 23.7 Å². The van der Waals surface area contributed by atoms with Gasteiger partial charge >= 0.3 is 12.4 Å². The first-order valence-corrected chi connectivity index (χ1v) is 17.2. The van der Waals surface area contributed by atoms with Crippen LogP contribution in [-0.4, -0.2) is 88.2 Å². The second-order valence-electron chi connectivity index (χ2n) is 13.2. The SMILES string of the molecule is CC(C)(Nc1nc(-c2c[nH]c3ncc(Cl)cc23)ncc1F)C(=O)NCC(F)(F)F.CC[C@@](C)(Nc1ccnc(-c2c[nH]c3ncccc23)n1)C(=O)NCC(F)(F)F. The summed E-state index contributed by atoms with van der Waals surface area (Å²) in [7, 11) is 0. The molecule has 0 fully saturated rings. The van der Waals surface area contributed by atoms with Gasteiger partial charge in [0.15, 0.2) is 23.3 Å². The van der Waals surface area contributed by atoms with E-state index in [4.69, 9.17) is 11.6 Å². The molecular formula is C35H34ClF7N12O2. The molecule has 6 aromatic heterocycles. The van der Waals surface area contributed by atoms with E-state index in [-0.39, 0.29) is 18.1 Å². The van der Waals surface area contributed by atoms with Crippen LogP contribution in [0.4, 0.5) is 42.4 Å². The second kappa shape index (κ2) is 16.5. The Hall–Kier alpha value is -6.12. The Morgan fingerprint density at radius 2 is 1.37 bits per heavy atom. The van der Waals surface area contributed by atoms with Gasteiger partial charge in [0.1, 0.15) is 41.3 Å². The molecule has 14 nitrogen and oxygen atoms in total. The number of hydrogen-bond donors (Lipinski definition) is 6. The number of H-pyrrole nitrogens is 2. The zero-order valence-electron chi connectivity index (χ0n) is 30.4. The summed E-state index contributed by atoms with van der Waals surface area (Å²) in [4.78, 5) is 55.4. The number of pyridine rings is 2. The molecule has 2 amide bonds. The minimum Gasteiger partial charge on any atom is -0.356 e. The molecule has 22 heteroatoms. The predicted molar refractivity (Wildman–Crippen MR) is 197 cm³/mol. The summed E-state index contributed by atoms with van der Waals surface area (Å²) in [6.45, 7) is 2.94. The van der Waals surface area contributed by atoms with Crippen LogP contribution in [-0.2, 0) is 9.59 Å². The molecule has 0 bridgehead atoms. The van der Waals surface area contributed by atoms with Crippen LogP contribution in [0.1, 0.15) is 34.1 Å². The summed E-state index contributed by atoms with van der Waals surface area (Å²) in [6, 6.07) is 6.85. The number of amides is 2. The van der Waals surface area contributed by atoms with Crippen molar-refractivity contribution in [2.45, 2.75) is 57.5 Å². The number of nitrogens with one attached hydrogen (secondary N) is 6. The number of rotatable bonds is 11. The summed E-state index contributed by atoms with van der Waals surface area (Å²) >= 11 is 5.96. The molecule has 302 valence electrons. The molecule has 0 aliphatic rings. The van der Waals surface area contributed by atoms with Gasteiger partial charge in [0.05, 0.1) is 11.2 Å². The van der Waals surface area contributed by atoms with E-state index in [1.54, 1.807) is 49.0 Å². The lowest BCUT2D eigenvalue weighted by Crippen LogP contribution is -2.52. The predicted octanol–water partition coefficient (Wildman–Crippen LogP) is 6.96. The minimum absolute atomic E-state index is 0.107. The molecule has 6 N–H and O–H groups in total. The topological polar surface area (TPSA) is 191 Å². The molecule has 6 heterocycles. The van der Waals surface area contributed by atoms with Gasteiger partial charge in [0.25, 0.3) is 0 Å². The molecule has 0 saturated carbocycles. The van der Waals surface area contributed by atoms with Gasteiger partial charge in [-0.25, -0.2) is 34.3 Å². The van der Waals surface area contributed by atoms with Crippen LogP contribution in [0.3, 0.4) is 0 Å². The highest BCUT2D eigenvalue weighted by Crippen LogP contribution is 2.30. The number of fused-ring (bicyclic) bond motifs is 2. The number of carbonyl (C=O) groups is 2. The number of hydrogen-bond acceptors (Lipinski definition) is 10. The van der Waals surface area contributed by atoms with Crippen molar-refractivity contribution in [3.63, 3.8) is 0 Å². The first kappa shape index (κ1) is 42.0. The molecule has 6 aromatic rings. The molecule has 1 atom stereocenters. The molecule has 0 saturated heterocycles. The molecule has 0 aliphatic heterocycles. The van der Waals surface area contributed by atoms with Crippen molar-refractivity contribution in [3.05, 3.63) is 72.3 Å². The van der Waals surface area contributed by atoms with Gasteiger partial charge in [-0.1, -0.05) is 18.5 Å². The number of halogens is 8. The summed E-state index contributed by atoms with van der Waals surface area (Å²) in [5.41, 5.74) is -0.437.